The van der Waals surface area contributed by atoms with Gasteiger partial charge in [-0.1, -0.05) is 33.1 Å². The van der Waals surface area contributed by atoms with Crippen LogP contribution in [0.3, 0.4) is 0 Å². The van der Waals surface area contributed by atoms with Crippen molar-refractivity contribution in [2.45, 2.75) is 76.1 Å². The average Bonchev–Trinajstić information content (AvgIpc) is 2.52. The minimum atomic E-state index is -2.35. The van der Waals surface area contributed by atoms with Crippen molar-refractivity contribution in [2.24, 2.45) is 0 Å². The molecule has 1 rings (SSSR count). The second-order valence-electron chi connectivity index (χ2n) is 6.11. The Morgan fingerprint density at radius 2 is 1.81 bits per heavy atom. The van der Waals surface area contributed by atoms with Crippen LogP contribution in [-0.4, -0.2) is 47.7 Å². The summed E-state index contributed by atoms with van der Waals surface area (Å²) in [6.45, 7) is 5.52. The van der Waals surface area contributed by atoms with E-state index in [9.17, 15) is 0 Å². The van der Waals surface area contributed by atoms with Crippen molar-refractivity contribution in [2.75, 3.05) is 27.9 Å². The lowest BCUT2D eigenvalue weighted by Gasteiger charge is -2.52. The van der Waals surface area contributed by atoms with Gasteiger partial charge < -0.3 is 18.9 Å². The highest BCUT2D eigenvalue weighted by Crippen LogP contribution is 2.43. The van der Waals surface area contributed by atoms with Crippen molar-refractivity contribution < 1.29 is 13.6 Å². The first-order valence-electron chi connectivity index (χ1n) is 8.55. The van der Waals surface area contributed by atoms with Gasteiger partial charge in [0.2, 0.25) is 0 Å². The highest BCUT2D eigenvalue weighted by Gasteiger charge is 2.62. The monoisotopic (exact) mass is 317 g/mol. The molecule has 0 saturated carbocycles. The molecule has 0 aromatic rings. The number of unbranched alkanes of at least 4 members (excludes halogenated alkanes) is 2. The molecule has 2 unspecified atom stereocenters. The second-order valence-corrected chi connectivity index (χ2v) is 9.78. The molecule has 0 radical (unpaired) electrons. The summed E-state index contributed by atoms with van der Waals surface area (Å²) in [5, 5.41) is 3.49. The minimum absolute atomic E-state index is 0.268. The molecule has 0 amide bonds. The minimum Gasteiger partial charge on any atom is -0.396 e. The van der Waals surface area contributed by atoms with Crippen LogP contribution in [0.1, 0.15) is 58.8 Å². The molecular formula is C16H35NO3Si. The van der Waals surface area contributed by atoms with E-state index in [1.54, 1.807) is 14.2 Å². The van der Waals surface area contributed by atoms with Gasteiger partial charge in [0.25, 0.3) is 0 Å². The number of methoxy groups -OCH3 is 1. The smallest absolute Gasteiger partial charge is 0.372 e. The highest BCUT2D eigenvalue weighted by molar-refractivity contribution is 6.71. The lowest BCUT2D eigenvalue weighted by molar-refractivity contribution is -0.0372. The van der Waals surface area contributed by atoms with Gasteiger partial charge in [-0.2, -0.15) is 0 Å². The summed E-state index contributed by atoms with van der Waals surface area (Å²) < 4.78 is 18.1. The van der Waals surface area contributed by atoms with Gasteiger partial charge in [-0.25, -0.2) is 0 Å². The van der Waals surface area contributed by atoms with Crippen LogP contribution in [0.2, 0.25) is 6.04 Å². The summed E-state index contributed by atoms with van der Waals surface area (Å²) in [4.78, 5) is 0. The Labute approximate surface area is 132 Å². The van der Waals surface area contributed by atoms with Gasteiger partial charge in [0, 0.05) is 27.4 Å². The number of hydrogen-bond donors (Lipinski definition) is 1. The zero-order chi connectivity index (χ0) is 15.8. The molecule has 1 fully saturated rings. The van der Waals surface area contributed by atoms with Gasteiger partial charge in [0.15, 0.2) is 0 Å². The van der Waals surface area contributed by atoms with Gasteiger partial charge in [0.1, 0.15) is 5.22 Å². The van der Waals surface area contributed by atoms with Crippen LogP contribution in [0, 0.1) is 0 Å². The molecule has 1 aliphatic rings. The predicted molar refractivity (Wildman–Crippen MR) is 89.8 cm³/mol. The van der Waals surface area contributed by atoms with E-state index in [4.69, 9.17) is 13.6 Å². The van der Waals surface area contributed by atoms with Gasteiger partial charge in [-0.05, 0) is 38.3 Å². The Morgan fingerprint density at radius 1 is 1.10 bits per heavy atom. The fourth-order valence-corrected chi connectivity index (χ4v) is 8.01. The second kappa shape index (κ2) is 9.25. The molecule has 0 bridgehead atoms. The molecule has 2 atom stereocenters. The van der Waals surface area contributed by atoms with Crippen molar-refractivity contribution in [1.82, 2.24) is 5.32 Å². The Kier molecular flexibility index (Phi) is 8.42. The Morgan fingerprint density at radius 3 is 2.33 bits per heavy atom. The van der Waals surface area contributed by atoms with E-state index < -0.39 is 8.56 Å². The lowest BCUT2D eigenvalue weighted by atomic mass is 9.99. The van der Waals surface area contributed by atoms with Gasteiger partial charge in [-0.3, -0.25) is 0 Å². The van der Waals surface area contributed by atoms with Crippen LogP contribution in [0.15, 0.2) is 0 Å². The summed E-state index contributed by atoms with van der Waals surface area (Å²) in [5.74, 6) is 0. The van der Waals surface area contributed by atoms with E-state index in [1.807, 2.05) is 7.11 Å². The summed E-state index contributed by atoms with van der Waals surface area (Å²) >= 11 is 0. The van der Waals surface area contributed by atoms with E-state index in [-0.39, 0.29) is 5.22 Å². The van der Waals surface area contributed by atoms with Crippen LogP contribution in [-0.2, 0) is 13.6 Å². The first kappa shape index (κ1) is 19.1. The Hall–Kier alpha value is 0.0569. The molecular weight excluding hydrogens is 282 g/mol. The third-order valence-corrected chi connectivity index (χ3v) is 9.45. The molecule has 1 N–H and O–H groups in total. The van der Waals surface area contributed by atoms with Crippen LogP contribution in [0.4, 0.5) is 0 Å². The molecule has 0 spiro atoms. The molecule has 126 valence electrons. The Bertz CT molecular complexity index is 287. The third-order valence-electron chi connectivity index (χ3n) is 5.02. The normalized spacial score (nSPS) is 28.7. The zero-order valence-corrected chi connectivity index (χ0v) is 15.7. The maximum absolute atomic E-state index is 6.14. The van der Waals surface area contributed by atoms with E-state index in [2.05, 4.69) is 19.2 Å². The van der Waals surface area contributed by atoms with Crippen LogP contribution in [0.5, 0.6) is 0 Å². The Balaban J connectivity index is 2.92. The van der Waals surface area contributed by atoms with Gasteiger partial charge >= 0.3 is 8.56 Å². The number of hydrogen-bond acceptors (Lipinski definition) is 4. The summed E-state index contributed by atoms with van der Waals surface area (Å²) in [5.41, 5.74) is 0. The van der Waals surface area contributed by atoms with Crippen molar-refractivity contribution in [3.05, 3.63) is 0 Å². The highest BCUT2D eigenvalue weighted by atomic mass is 28.4. The fraction of sp³-hybridized carbons (Fsp3) is 1.00. The van der Waals surface area contributed by atoms with Gasteiger partial charge in [0.05, 0.1) is 0 Å². The SMILES string of the molecule is CCCCCNC1CCC[Si](OC)(OC)C1(CCC)OC. The molecule has 0 aromatic carbocycles. The summed E-state index contributed by atoms with van der Waals surface area (Å²) in [7, 11) is 3.10. The largest absolute Gasteiger partial charge is 0.396 e. The number of rotatable bonds is 10. The van der Waals surface area contributed by atoms with E-state index in [0.717, 1.165) is 38.3 Å². The van der Waals surface area contributed by atoms with Crippen molar-refractivity contribution in [3.63, 3.8) is 0 Å². The predicted octanol–water partition coefficient (Wildman–Crippen LogP) is 3.39. The molecule has 4 nitrogen and oxygen atoms in total. The number of nitrogens with one attached hydrogen (secondary N) is 1. The molecule has 1 heterocycles. The lowest BCUT2D eigenvalue weighted by Crippen LogP contribution is -2.73. The van der Waals surface area contributed by atoms with Crippen molar-refractivity contribution in [1.29, 1.82) is 0 Å². The van der Waals surface area contributed by atoms with E-state index in [1.165, 1.54) is 19.3 Å². The maximum atomic E-state index is 6.14. The van der Waals surface area contributed by atoms with Crippen molar-refractivity contribution >= 4 is 8.56 Å². The zero-order valence-electron chi connectivity index (χ0n) is 14.7. The van der Waals surface area contributed by atoms with E-state index in [0.29, 0.717) is 6.04 Å². The first-order chi connectivity index (χ1) is 10.2. The fourth-order valence-electron chi connectivity index (χ4n) is 3.94. The van der Waals surface area contributed by atoms with Crippen LogP contribution >= 0.6 is 0 Å². The topological polar surface area (TPSA) is 39.7 Å². The molecule has 0 aliphatic carbocycles. The molecule has 5 heteroatoms. The quantitative estimate of drug-likeness (QED) is 0.495. The van der Waals surface area contributed by atoms with Gasteiger partial charge in [-0.15, -0.1) is 0 Å². The van der Waals surface area contributed by atoms with Crippen LogP contribution < -0.4 is 5.32 Å². The molecule has 1 aliphatic heterocycles. The third kappa shape index (κ3) is 3.88. The molecule has 0 aromatic heterocycles. The summed E-state index contributed by atoms with van der Waals surface area (Å²) in [6, 6.07) is 1.38. The summed E-state index contributed by atoms with van der Waals surface area (Å²) in [6.07, 6.45) is 8.17. The van der Waals surface area contributed by atoms with E-state index >= 15 is 0 Å². The standard InChI is InChI=1S/C16H35NO3Si/c1-6-8-9-13-17-15-11-10-14-21(19-4,20-5)16(15,18-3)12-7-2/h15,17H,6-14H2,1-5H3. The molecule has 21 heavy (non-hydrogen) atoms. The maximum Gasteiger partial charge on any atom is 0.372 e. The molecule has 1 saturated heterocycles. The number of ether oxygens (including phenoxy) is 1. The van der Waals surface area contributed by atoms with Crippen molar-refractivity contribution in [3.8, 4) is 0 Å². The average molecular weight is 318 g/mol. The van der Waals surface area contributed by atoms with Crippen LogP contribution in [0.25, 0.3) is 0 Å². The first-order valence-corrected chi connectivity index (χ1v) is 10.6.